The van der Waals surface area contributed by atoms with Gasteiger partial charge >= 0.3 is 0 Å². The van der Waals surface area contributed by atoms with Crippen molar-refractivity contribution in [2.24, 2.45) is 0 Å². The van der Waals surface area contributed by atoms with Crippen LogP contribution < -0.4 is 4.90 Å². The summed E-state index contributed by atoms with van der Waals surface area (Å²) in [6.45, 7) is 1.84. The maximum absolute atomic E-state index is 13.7. The third-order valence-electron chi connectivity index (χ3n) is 7.00. The van der Waals surface area contributed by atoms with Crippen LogP contribution >= 0.6 is 0 Å². The molecule has 0 aromatic heterocycles. The molecular formula is C31H22N2O4. The molecule has 2 atom stereocenters. The number of nitrogens with zero attached hydrogens (tertiary/aromatic N) is 2. The van der Waals surface area contributed by atoms with Gasteiger partial charge in [-0.3, -0.25) is 19.2 Å². The smallest absolute Gasteiger partial charge is 0.266 e. The van der Waals surface area contributed by atoms with Crippen LogP contribution in [0.3, 0.4) is 0 Å². The van der Waals surface area contributed by atoms with Crippen molar-refractivity contribution in [2.75, 3.05) is 4.90 Å². The van der Waals surface area contributed by atoms with Crippen LogP contribution in [0, 0.1) is 6.92 Å². The minimum absolute atomic E-state index is 0.138. The van der Waals surface area contributed by atoms with Crippen molar-refractivity contribution in [3.63, 3.8) is 0 Å². The molecule has 0 spiro atoms. The molecule has 180 valence electrons. The number of Topliss-reactive ketones (excluding diaryl/α,β-unsaturated/α-hetero) is 1. The Labute approximate surface area is 213 Å². The van der Waals surface area contributed by atoms with E-state index in [1.807, 2.05) is 55.5 Å². The van der Waals surface area contributed by atoms with Crippen LogP contribution in [-0.4, -0.2) is 34.4 Å². The molecule has 0 bridgehead atoms. The second kappa shape index (κ2) is 8.68. The van der Waals surface area contributed by atoms with Crippen molar-refractivity contribution in [1.29, 1.82) is 0 Å². The summed E-state index contributed by atoms with van der Waals surface area (Å²) in [6, 6.07) is 29.0. The lowest BCUT2D eigenvalue weighted by Gasteiger charge is -2.16. The Kier molecular flexibility index (Phi) is 5.30. The van der Waals surface area contributed by atoms with E-state index in [-0.39, 0.29) is 28.4 Å². The molecule has 0 saturated carbocycles. The molecule has 0 radical (unpaired) electrons. The highest BCUT2D eigenvalue weighted by molar-refractivity contribution is 6.35. The first-order chi connectivity index (χ1) is 18.0. The molecule has 2 aliphatic rings. The Hall–Kier alpha value is -4.84. The number of hydrogen-bond acceptors (Lipinski definition) is 4. The number of fused-ring (bicyclic) bond motifs is 1. The topological polar surface area (TPSA) is 74.5 Å². The summed E-state index contributed by atoms with van der Waals surface area (Å²) in [7, 11) is 0. The van der Waals surface area contributed by atoms with E-state index in [9.17, 15) is 19.2 Å². The molecule has 37 heavy (non-hydrogen) atoms. The molecule has 3 amide bonds. The summed E-state index contributed by atoms with van der Waals surface area (Å²) in [5, 5.41) is 0. The number of imide groups is 1. The van der Waals surface area contributed by atoms with Gasteiger partial charge in [0.15, 0.2) is 5.78 Å². The molecule has 2 heterocycles. The zero-order chi connectivity index (χ0) is 25.7. The van der Waals surface area contributed by atoms with Crippen LogP contribution in [0.2, 0.25) is 0 Å². The van der Waals surface area contributed by atoms with E-state index < -0.39 is 23.9 Å². The number of ketones is 1. The highest BCUT2D eigenvalue weighted by Gasteiger charge is 2.56. The fourth-order valence-corrected chi connectivity index (χ4v) is 5.08. The van der Waals surface area contributed by atoms with Crippen molar-refractivity contribution >= 4 is 29.2 Å². The van der Waals surface area contributed by atoms with Gasteiger partial charge in [-0.2, -0.15) is 0 Å². The first-order valence-corrected chi connectivity index (χ1v) is 12.0. The van der Waals surface area contributed by atoms with Crippen molar-refractivity contribution in [3.05, 3.63) is 137 Å². The van der Waals surface area contributed by atoms with E-state index in [1.165, 1.54) is 12.1 Å². The summed E-state index contributed by atoms with van der Waals surface area (Å²) in [5.74, 6) is -1.38. The van der Waals surface area contributed by atoms with E-state index in [1.54, 1.807) is 47.4 Å². The molecule has 4 aromatic rings. The fourth-order valence-electron chi connectivity index (χ4n) is 5.08. The van der Waals surface area contributed by atoms with Crippen LogP contribution in [0.15, 0.2) is 103 Å². The zero-order valence-corrected chi connectivity index (χ0v) is 20.0. The molecule has 1 fully saturated rings. The minimum Gasteiger partial charge on any atom is -0.316 e. The van der Waals surface area contributed by atoms with Gasteiger partial charge in [-0.25, -0.2) is 4.90 Å². The van der Waals surface area contributed by atoms with Gasteiger partial charge in [0.1, 0.15) is 6.04 Å². The average molecular weight is 487 g/mol. The molecule has 6 heteroatoms. The molecule has 0 N–H and O–H groups in total. The quantitative estimate of drug-likeness (QED) is 0.220. The Bertz CT molecular complexity index is 1580. The van der Waals surface area contributed by atoms with Gasteiger partial charge in [0.2, 0.25) is 0 Å². The number of para-hydroxylation sites is 1. The van der Waals surface area contributed by atoms with Crippen molar-refractivity contribution in [2.45, 2.75) is 19.0 Å². The Morgan fingerprint density at radius 2 is 1.30 bits per heavy atom. The van der Waals surface area contributed by atoms with Gasteiger partial charge in [-0.1, -0.05) is 78.9 Å². The predicted octanol–water partition coefficient (Wildman–Crippen LogP) is 5.24. The molecular weight excluding hydrogens is 464 g/mol. The summed E-state index contributed by atoms with van der Waals surface area (Å²) in [5.41, 5.74) is 3.41. The second-order valence-corrected chi connectivity index (χ2v) is 9.24. The van der Waals surface area contributed by atoms with Crippen LogP contribution in [0.25, 0.3) is 0 Å². The maximum atomic E-state index is 13.7. The molecule has 6 rings (SSSR count). The summed E-state index contributed by atoms with van der Waals surface area (Å²) >= 11 is 0. The molecule has 2 aliphatic heterocycles. The van der Waals surface area contributed by atoms with Crippen LogP contribution in [0.5, 0.6) is 0 Å². The first-order valence-electron chi connectivity index (χ1n) is 12.0. The van der Waals surface area contributed by atoms with Crippen molar-refractivity contribution < 1.29 is 19.2 Å². The maximum Gasteiger partial charge on any atom is 0.266 e. The molecule has 0 unspecified atom stereocenters. The number of benzene rings is 4. The van der Waals surface area contributed by atoms with Crippen LogP contribution in [-0.2, 0) is 0 Å². The van der Waals surface area contributed by atoms with E-state index in [4.69, 9.17) is 0 Å². The van der Waals surface area contributed by atoms with E-state index in [0.717, 1.165) is 16.0 Å². The third-order valence-corrected chi connectivity index (χ3v) is 7.00. The van der Waals surface area contributed by atoms with E-state index >= 15 is 0 Å². The molecule has 1 saturated heterocycles. The largest absolute Gasteiger partial charge is 0.316 e. The lowest BCUT2D eigenvalue weighted by molar-refractivity contribution is 0.0833. The highest BCUT2D eigenvalue weighted by atomic mass is 16.2. The number of carbonyl (C=O) groups is 4. The first kappa shape index (κ1) is 22.6. The number of aryl methyl sites for hydroxylation is 1. The van der Waals surface area contributed by atoms with E-state index in [2.05, 4.69) is 0 Å². The standard InChI is InChI=1S/C31H22N2O4/c1-19-10-8-9-15-25(19)32-30(36)23-17-16-22(18-24(23)31(32)37)29(35)33-26(20-11-4-2-5-12-20)27(33)28(34)21-13-6-3-7-14-21/h2-18,26-27H,1H3/t26-,27-,33?/m0/s1. The van der Waals surface area contributed by atoms with Gasteiger partial charge in [-0.15, -0.1) is 0 Å². The highest BCUT2D eigenvalue weighted by Crippen LogP contribution is 2.46. The van der Waals surface area contributed by atoms with E-state index in [0.29, 0.717) is 11.3 Å². The predicted molar refractivity (Wildman–Crippen MR) is 139 cm³/mol. The van der Waals surface area contributed by atoms with Gasteiger partial charge in [0.25, 0.3) is 17.7 Å². The lowest BCUT2D eigenvalue weighted by Crippen LogP contribution is -2.29. The monoisotopic (exact) mass is 486 g/mol. The molecule has 6 nitrogen and oxygen atoms in total. The molecule has 0 aliphatic carbocycles. The summed E-state index contributed by atoms with van der Waals surface area (Å²) in [4.78, 5) is 56.1. The van der Waals surface area contributed by atoms with Crippen LogP contribution in [0.1, 0.15) is 58.6 Å². The molecule has 4 aromatic carbocycles. The summed E-state index contributed by atoms with van der Waals surface area (Å²) in [6.07, 6.45) is 0. The van der Waals surface area contributed by atoms with Gasteiger partial charge in [0, 0.05) is 11.1 Å². The fraction of sp³-hybridized carbons (Fsp3) is 0.0968. The third kappa shape index (κ3) is 3.65. The minimum atomic E-state index is -0.647. The lowest BCUT2D eigenvalue weighted by atomic mass is 10.0. The van der Waals surface area contributed by atoms with Gasteiger partial charge in [0.05, 0.1) is 22.9 Å². The number of amides is 3. The van der Waals surface area contributed by atoms with Crippen LogP contribution in [0.4, 0.5) is 5.69 Å². The zero-order valence-electron chi connectivity index (χ0n) is 20.0. The second-order valence-electron chi connectivity index (χ2n) is 9.24. The summed E-state index contributed by atoms with van der Waals surface area (Å²) < 4.78 is 0. The normalized spacial score (nSPS) is 18.1. The Balaban J connectivity index is 1.34. The van der Waals surface area contributed by atoms with Crippen molar-refractivity contribution in [1.82, 2.24) is 4.90 Å². The SMILES string of the molecule is Cc1ccccc1N1C(=O)c2ccc(C(=O)N3[C@H](C(=O)c4ccccc4)[C@@H]3c3ccccc3)cc2C1=O. The Morgan fingerprint density at radius 1 is 0.676 bits per heavy atom. The van der Waals surface area contributed by atoms with Gasteiger partial charge in [-0.05, 0) is 42.3 Å². The Morgan fingerprint density at radius 3 is 2.00 bits per heavy atom. The number of anilines is 1. The number of rotatable bonds is 5. The van der Waals surface area contributed by atoms with Crippen molar-refractivity contribution in [3.8, 4) is 0 Å². The number of hydrogen-bond donors (Lipinski definition) is 0. The average Bonchev–Trinajstić information content (AvgIpc) is 3.64. The van der Waals surface area contributed by atoms with Gasteiger partial charge < -0.3 is 4.90 Å². The number of carbonyl (C=O) groups excluding carboxylic acids is 4.